The Kier molecular flexibility index (Phi) is 5.77. The Morgan fingerprint density at radius 2 is 1.79 bits per heavy atom. The summed E-state index contributed by atoms with van der Waals surface area (Å²) < 4.78 is 5.48. The number of ether oxygens (including phenoxy) is 1. The predicted molar refractivity (Wildman–Crippen MR) is 134 cm³/mol. The number of hydrogen-bond acceptors (Lipinski definition) is 5. The summed E-state index contributed by atoms with van der Waals surface area (Å²) in [4.78, 5) is 21.6. The van der Waals surface area contributed by atoms with E-state index in [1.54, 1.807) is 7.11 Å². The van der Waals surface area contributed by atoms with Crippen LogP contribution < -0.4 is 15.8 Å². The van der Waals surface area contributed by atoms with Crippen molar-refractivity contribution >= 4 is 28.3 Å². The van der Waals surface area contributed by atoms with E-state index in [2.05, 4.69) is 36.1 Å². The number of carbonyl (C=O) groups is 1. The molecular weight excluding hydrogens is 412 g/mol. The SMILES string of the molecule is COc1ccc(C(C)(C)C)cc1NC(=O)c1ccc(C)c(-c2ccc3ncnc(N)c3c2)c1. The molecule has 0 unspecified atom stereocenters. The predicted octanol–water partition coefficient (Wildman–Crippen LogP) is 5.75. The summed E-state index contributed by atoms with van der Waals surface area (Å²) in [5, 5.41) is 3.81. The van der Waals surface area contributed by atoms with Gasteiger partial charge >= 0.3 is 0 Å². The molecule has 6 nitrogen and oxygen atoms in total. The maximum atomic E-state index is 13.2. The maximum Gasteiger partial charge on any atom is 0.255 e. The fourth-order valence-electron chi connectivity index (χ4n) is 3.79. The average Bonchev–Trinajstić information content (AvgIpc) is 2.79. The third-order valence-electron chi connectivity index (χ3n) is 5.79. The Morgan fingerprint density at radius 1 is 1.00 bits per heavy atom. The van der Waals surface area contributed by atoms with Gasteiger partial charge < -0.3 is 15.8 Å². The smallest absolute Gasteiger partial charge is 0.255 e. The van der Waals surface area contributed by atoms with Crippen molar-refractivity contribution in [3.8, 4) is 16.9 Å². The molecule has 0 saturated carbocycles. The number of amides is 1. The van der Waals surface area contributed by atoms with Crippen LogP contribution in [-0.4, -0.2) is 23.0 Å². The Labute approximate surface area is 193 Å². The Hall–Kier alpha value is -3.93. The molecule has 0 atom stereocenters. The number of fused-ring (bicyclic) bond motifs is 1. The van der Waals surface area contributed by atoms with Crippen LogP contribution in [0.1, 0.15) is 42.3 Å². The minimum atomic E-state index is -0.204. The number of hydrogen-bond donors (Lipinski definition) is 2. The average molecular weight is 441 g/mol. The van der Waals surface area contributed by atoms with Crippen molar-refractivity contribution in [3.05, 3.63) is 77.6 Å². The van der Waals surface area contributed by atoms with Crippen LogP contribution in [0.3, 0.4) is 0 Å². The fraction of sp³-hybridized carbons (Fsp3) is 0.222. The number of nitrogens with two attached hydrogens (primary N) is 1. The lowest BCUT2D eigenvalue weighted by atomic mass is 9.87. The number of methoxy groups -OCH3 is 1. The van der Waals surface area contributed by atoms with Crippen LogP contribution in [0, 0.1) is 6.92 Å². The van der Waals surface area contributed by atoms with Gasteiger partial charge in [0.25, 0.3) is 5.91 Å². The van der Waals surface area contributed by atoms with Gasteiger partial charge in [0.15, 0.2) is 0 Å². The Morgan fingerprint density at radius 3 is 2.52 bits per heavy atom. The molecule has 1 aromatic heterocycles. The molecule has 0 aliphatic heterocycles. The van der Waals surface area contributed by atoms with Crippen molar-refractivity contribution in [2.75, 3.05) is 18.2 Å². The highest BCUT2D eigenvalue weighted by Crippen LogP contribution is 2.33. The van der Waals surface area contributed by atoms with Crippen LogP contribution in [0.25, 0.3) is 22.0 Å². The lowest BCUT2D eigenvalue weighted by molar-refractivity contribution is 0.102. The zero-order chi connectivity index (χ0) is 23.8. The van der Waals surface area contributed by atoms with Crippen molar-refractivity contribution in [2.45, 2.75) is 33.1 Å². The maximum absolute atomic E-state index is 13.2. The van der Waals surface area contributed by atoms with E-state index in [-0.39, 0.29) is 11.3 Å². The van der Waals surface area contributed by atoms with E-state index < -0.39 is 0 Å². The van der Waals surface area contributed by atoms with Crippen LogP contribution >= 0.6 is 0 Å². The molecule has 0 aliphatic rings. The van der Waals surface area contributed by atoms with Crippen LogP contribution in [-0.2, 0) is 5.41 Å². The molecule has 4 rings (SSSR count). The first-order valence-corrected chi connectivity index (χ1v) is 10.8. The molecule has 0 radical (unpaired) electrons. The van der Waals surface area contributed by atoms with E-state index in [9.17, 15) is 4.79 Å². The molecule has 6 heteroatoms. The van der Waals surface area contributed by atoms with Crippen molar-refractivity contribution in [2.24, 2.45) is 0 Å². The first-order valence-electron chi connectivity index (χ1n) is 10.8. The molecule has 0 fully saturated rings. The highest BCUT2D eigenvalue weighted by Gasteiger charge is 2.18. The Balaban J connectivity index is 1.70. The molecule has 33 heavy (non-hydrogen) atoms. The van der Waals surface area contributed by atoms with Gasteiger partial charge in [-0.25, -0.2) is 9.97 Å². The Bertz CT molecular complexity index is 1360. The second-order valence-corrected chi connectivity index (χ2v) is 9.14. The molecule has 168 valence electrons. The number of nitrogens with zero attached hydrogens (tertiary/aromatic N) is 2. The molecule has 0 spiro atoms. The molecule has 3 aromatic carbocycles. The molecule has 1 amide bonds. The standard InChI is InChI=1S/C27H28N4O2/c1-16-6-7-18(13-20(16)17-8-10-22-21(12-17)25(28)30-15-29-22)26(32)31-23-14-19(27(2,3)4)9-11-24(23)33-5/h6-15H,1-5H3,(H,31,32)(H2,28,29,30). The van der Waals surface area contributed by atoms with Gasteiger partial charge in [-0.05, 0) is 71.0 Å². The van der Waals surface area contributed by atoms with Crippen molar-refractivity contribution in [3.63, 3.8) is 0 Å². The zero-order valence-electron chi connectivity index (χ0n) is 19.6. The highest BCUT2D eigenvalue weighted by molar-refractivity contribution is 6.06. The first-order chi connectivity index (χ1) is 15.7. The van der Waals surface area contributed by atoms with Crippen molar-refractivity contribution in [1.82, 2.24) is 9.97 Å². The van der Waals surface area contributed by atoms with Crippen molar-refractivity contribution < 1.29 is 9.53 Å². The number of nitrogen functional groups attached to an aromatic ring is 1. The summed E-state index contributed by atoms with van der Waals surface area (Å²) >= 11 is 0. The van der Waals surface area contributed by atoms with Gasteiger partial charge in [-0.2, -0.15) is 0 Å². The minimum absolute atomic E-state index is 0.0512. The molecule has 0 aliphatic carbocycles. The van der Waals surface area contributed by atoms with Gasteiger partial charge in [0, 0.05) is 10.9 Å². The highest BCUT2D eigenvalue weighted by atomic mass is 16.5. The summed E-state index contributed by atoms with van der Waals surface area (Å²) in [6.45, 7) is 8.41. The minimum Gasteiger partial charge on any atom is -0.495 e. The molecule has 0 bridgehead atoms. The van der Waals surface area contributed by atoms with E-state index in [0.29, 0.717) is 22.8 Å². The molecule has 3 N–H and O–H groups in total. The first kappa shape index (κ1) is 22.3. The number of rotatable bonds is 4. The van der Waals surface area contributed by atoms with Gasteiger partial charge in [-0.1, -0.05) is 39.0 Å². The summed E-state index contributed by atoms with van der Waals surface area (Å²) in [6.07, 6.45) is 1.45. The van der Waals surface area contributed by atoms with Crippen LogP contribution in [0.15, 0.2) is 60.9 Å². The third kappa shape index (κ3) is 4.51. The quantitative estimate of drug-likeness (QED) is 0.422. The number of benzene rings is 3. The van der Waals surface area contributed by atoms with Gasteiger partial charge in [-0.15, -0.1) is 0 Å². The van der Waals surface area contributed by atoms with E-state index in [1.165, 1.54) is 6.33 Å². The van der Waals surface area contributed by atoms with Crippen LogP contribution in [0.5, 0.6) is 5.75 Å². The second-order valence-electron chi connectivity index (χ2n) is 9.14. The zero-order valence-corrected chi connectivity index (χ0v) is 19.6. The van der Waals surface area contributed by atoms with Gasteiger partial charge in [0.1, 0.15) is 17.9 Å². The van der Waals surface area contributed by atoms with E-state index in [0.717, 1.165) is 33.2 Å². The molecular formula is C27H28N4O2. The molecule has 0 saturated heterocycles. The van der Waals surface area contributed by atoms with E-state index >= 15 is 0 Å². The monoisotopic (exact) mass is 440 g/mol. The topological polar surface area (TPSA) is 90.1 Å². The summed E-state index contributed by atoms with van der Waals surface area (Å²) in [6, 6.07) is 17.4. The number of anilines is 2. The third-order valence-corrected chi connectivity index (χ3v) is 5.79. The van der Waals surface area contributed by atoms with Gasteiger partial charge in [0.2, 0.25) is 0 Å². The van der Waals surface area contributed by atoms with E-state index in [4.69, 9.17) is 10.5 Å². The van der Waals surface area contributed by atoms with E-state index in [1.807, 2.05) is 61.5 Å². The largest absolute Gasteiger partial charge is 0.495 e. The number of nitrogens with one attached hydrogen (secondary N) is 1. The summed E-state index contributed by atoms with van der Waals surface area (Å²) in [5.41, 5.74) is 12.0. The summed E-state index contributed by atoms with van der Waals surface area (Å²) in [5.74, 6) is 0.845. The van der Waals surface area contributed by atoms with Gasteiger partial charge in [-0.3, -0.25) is 4.79 Å². The van der Waals surface area contributed by atoms with Crippen LogP contribution in [0.2, 0.25) is 0 Å². The number of carbonyl (C=O) groups excluding carboxylic acids is 1. The number of aromatic nitrogens is 2. The lowest BCUT2D eigenvalue weighted by Crippen LogP contribution is -2.15. The van der Waals surface area contributed by atoms with Gasteiger partial charge in [0.05, 0.1) is 18.3 Å². The van der Waals surface area contributed by atoms with Crippen molar-refractivity contribution in [1.29, 1.82) is 0 Å². The second kappa shape index (κ2) is 8.54. The fourth-order valence-corrected chi connectivity index (χ4v) is 3.79. The molecule has 4 aromatic rings. The van der Waals surface area contributed by atoms with Crippen LogP contribution in [0.4, 0.5) is 11.5 Å². The summed E-state index contributed by atoms with van der Waals surface area (Å²) in [7, 11) is 1.60. The normalized spacial score (nSPS) is 11.4. The lowest BCUT2D eigenvalue weighted by Gasteiger charge is -2.21. The molecule has 1 heterocycles. The number of aryl methyl sites for hydroxylation is 1.